The van der Waals surface area contributed by atoms with Crippen molar-refractivity contribution in [3.63, 3.8) is 0 Å². The van der Waals surface area contributed by atoms with Gasteiger partial charge in [0.2, 0.25) is 0 Å². The van der Waals surface area contributed by atoms with Gasteiger partial charge in [0.15, 0.2) is 0 Å². The fraction of sp³-hybridized carbons (Fsp3) is 0. The summed E-state index contributed by atoms with van der Waals surface area (Å²) in [5.74, 6) is 0. The minimum Gasteiger partial charge on any atom is -0.399 e. The van der Waals surface area contributed by atoms with E-state index in [2.05, 4.69) is 4.99 Å². The van der Waals surface area contributed by atoms with E-state index >= 15 is 0 Å². The Labute approximate surface area is 172 Å². The highest BCUT2D eigenvalue weighted by Crippen LogP contribution is 2.09. The van der Waals surface area contributed by atoms with Crippen LogP contribution in [0.1, 0.15) is 15.9 Å². The molecule has 2 N–H and O–H groups in total. The van der Waals surface area contributed by atoms with E-state index in [4.69, 9.17) is 5.73 Å². The topological polar surface area (TPSA) is 55.4 Å². The second-order valence-corrected chi connectivity index (χ2v) is 5.94. The highest BCUT2D eigenvalue weighted by atomic mass is 16.1. The Morgan fingerprint density at radius 1 is 0.552 bits per heavy atom. The number of rotatable bonds is 3. The molecule has 0 atom stereocenters. The quantitative estimate of drug-likeness (QED) is 0.261. The summed E-state index contributed by atoms with van der Waals surface area (Å²) in [5, 5.41) is 0. The third kappa shape index (κ3) is 9.50. The van der Waals surface area contributed by atoms with E-state index in [0.29, 0.717) is 0 Å². The molecule has 0 fully saturated rings. The predicted octanol–water partition coefficient (Wildman–Crippen LogP) is 6.21. The molecule has 0 spiro atoms. The van der Waals surface area contributed by atoms with E-state index in [1.807, 2.05) is 115 Å². The fourth-order valence-electron chi connectivity index (χ4n) is 2.19. The first-order valence-electron chi connectivity index (χ1n) is 9.23. The van der Waals surface area contributed by atoms with Crippen LogP contribution in [-0.4, -0.2) is 12.5 Å². The van der Waals surface area contributed by atoms with Gasteiger partial charge in [-0.05, 0) is 29.8 Å². The molecule has 0 heterocycles. The van der Waals surface area contributed by atoms with Crippen molar-refractivity contribution in [3.05, 3.63) is 132 Å². The summed E-state index contributed by atoms with van der Waals surface area (Å²) >= 11 is 0. The van der Waals surface area contributed by atoms with Crippen LogP contribution in [0.5, 0.6) is 0 Å². The molecule has 0 amide bonds. The summed E-state index contributed by atoms with van der Waals surface area (Å²) in [6.45, 7) is 0. The van der Waals surface area contributed by atoms with Gasteiger partial charge in [0.05, 0.1) is 5.69 Å². The zero-order chi connectivity index (χ0) is 20.6. The minimum atomic E-state index is 0.729. The van der Waals surface area contributed by atoms with Crippen LogP contribution in [0.2, 0.25) is 0 Å². The normalized spacial score (nSPS) is 9.52. The Balaban J connectivity index is 0.000000170. The minimum absolute atomic E-state index is 0.729. The number of aliphatic imine (C=N–C) groups is 1. The molecule has 0 aliphatic rings. The van der Waals surface area contributed by atoms with Crippen molar-refractivity contribution < 1.29 is 4.79 Å². The molecular formula is C26H24N2O. The summed E-state index contributed by atoms with van der Waals surface area (Å²) in [6.07, 6.45) is 2.70. The Bertz CT molecular complexity index is 913. The SMILES string of the molecule is C(=Nc1ccccc1)c1ccccc1.Nc1ccccc1.O=Cc1ccccc1. The lowest BCUT2D eigenvalue weighted by molar-refractivity contribution is 0.112. The number of hydrogen-bond donors (Lipinski definition) is 1. The van der Waals surface area contributed by atoms with Gasteiger partial charge in [-0.3, -0.25) is 9.79 Å². The first kappa shape index (κ1) is 21.3. The first-order valence-corrected chi connectivity index (χ1v) is 9.23. The van der Waals surface area contributed by atoms with Crippen LogP contribution in [0.25, 0.3) is 0 Å². The third-order valence-corrected chi connectivity index (χ3v) is 3.65. The highest BCUT2D eigenvalue weighted by molar-refractivity contribution is 5.81. The zero-order valence-corrected chi connectivity index (χ0v) is 16.1. The number of carbonyl (C=O) groups excluding carboxylic acids is 1. The molecule has 0 aromatic heterocycles. The number of anilines is 1. The van der Waals surface area contributed by atoms with Gasteiger partial charge in [-0.25, -0.2) is 0 Å². The molecule has 0 saturated carbocycles. The standard InChI is InChI=1S/C13H11N.C7H6O.C6H7N/c1-3-7-12(8-4-1)11-14-13-9-5-2-6-10-13;8-6-7-4-2-1-3-5-7;7-6-4-2-1-3-5-6/h1-11H;1-6H;1-5H,7H2. The van der Waals surface area contributed by atoms with Crippen LogP contribution in [0, 0.1) is 0 Å². The molecule has 4 aromatic carbocycles. The van der Waals surface area contributed by atoms with Crippen LogP contribution in [0.4, 0.5) is 11.4 Å². The number of benzene rings is 4. The van der Waals surface area contributed by atoms with Gasteiger partial charge in [0.25, 0.3) is 0 Å². The molecule has 29 heavy (non-hydrogen) atoms. The summed E-state index contributed by atoms with van der Waals surface area (Å²) in [4.78, 5) is 14.4. The first-order chi connectivity index (χ1) is 14.3. The second-order valence-electron chi connectivity index (χ2n) is 5.94. The molecule has 4 aromatic rings. The van der Waals surface area contributed by atoms with Gasteiger partial charge < -0.3 is 5.73 Å². The van der Waals surface area contributed by atoms with E-state index in [1.54, 1.807) is 12.1 Å². The Morgan fingerprint density at radius 3 is 1.34 bits per heavy atom. The van der Waals surface area contributed by atoms with Crippen LogP contribution in [0.3, 0.4) is 0 Å². The zero-order valence-electron chi connectivity index (χ0n) is 16.1. The largest absolute Gasteiger partial charge is 0.399 e. The van der Waals surface area contributed by atoms with Crippen LogP contribution >= 0.6 is 0 Å². The van der Waals surface area contributed by atoms with Crippen molar-refractivity contribution in [1.29, 1.82) is 0 Å². The van der Waals surface area contributed by atoms with Crippen LogP contribution in [-0.2, 0) is 0 Å². The maximum Gasteiger partial charge on any atom is 0.150 e. The number of carbonyl (C=O) groups is 1. The summed E-state index contributed by atoms with van der Waals surface area (Å²) in [7, 11) is 0. The third-order valence-electron chi connectivity index (χ3n) is 3.65. The van der Waals surface area contributed by atoms with Gasteiger partial charge in [-0.2, -0.15) is 0 Å². The number of nitrogen functional groups attached to an aromatic ring is 1. The molecule has 0 saturated heterocycles. The van der Waals surface area contributed by atoms with Crippen molar-refractivity contribution in [3.8, 4) is 0 Å². The Kier molecular flexibility index (Phi) is 9.73. The number of para-hydroxylation sites is 2. The molecular weight excluding hydrogens is 356 g/mol. The predicted molar refractivity (Wildman–Crippen MR) is 123 cm³/mol. The Hall–Kier alpha value is -3.98. The lowest BCUT2D eigenvalue weighted by Crippen LogP contribution is -1.79. The molecule has 0 unspecified atom stereocenters. The average molecular weight is 380 g/mol. The molecule has 0 aliphatic heterocycles. The monoisotopic (exact) mass is 380 g/mol. The van der Waals surface area contributed by atoms with Crippen LogP contribution in [0.15, 0.2) is 126 Å². The van der Waals surface area contributed by atoms with E-state index in [0.717, 1.165) is 28.8 Å². The molecule has 3 nitrogen and oxygen atoms in total. The molecule has 0 radical (unpaired) electrons. The smallest absolute Gasteiger partial charge is 0.150 e. The van der Waals surface area contributed by atoms with Gasteiger partial charge in [-0.1, -0.05) is 97.1 Å². The molecule has 4 rings (SSSR count). The van der Waals surface area contributed by atoms with Gasteiger partial charge in [-0.15, -0.1) is 0 Å². The number of hydrogen-bond acceptors (Lipinski definition) is 3. The summed E-state index contributed by atoms with van der Waals surface area (Å²) in [6, 6.07) is 38.6. The van der Waals surface area contributed by atoms with Crippen LogP contribution < -0.4 is 5.73 Å². The molecule has 0 aliphatic carbocycles. The Morgan fingerprint density at radius 2 is 0.966 bits per heavy atom. The number of nitrogens with two attached hydrogens (primary N) is 1. The van der Waals surface area contributed by atoms with Crippen molar-refractivity contribution in [2.45, 2.75) is 0 Å². The second kappa shape index (κ2) is 13.2. The lowest BCUT2D eigenvalue weighted by atomic mass is 10.2. The number of aldehydes is 1. The van der Waals surface area contributed by atoms with E-state index < -0.39 is 0 Å². The van der Waals surface area contributed by atoms with Crippen molar-refractivity contribution in [2.24, 2.45) is 4.99 Å². The average Bonchev–Trinajstić information content (AvgIpc) is 2.81. The lowest BCUT2D eigenvalue weighted by Gasteiger charge is -1.92. The van der Waals surface area contributed by atoms with Crippen molar-refractivity contribution in [1.82, 2.24) is 0 Å². The van der Waals surface area contributed by atoms with Gasteiger partial charge >= 0.3 is 0 Å². The van der Waals surface area contributed by atoms with Crippen molar-refractivity contribution >= 4 is 23.9 Å². The van der Waals surface area contributed by atoms with E-state index in [9.17, 15) is 4.79 Å². The van der Waals surface area contributed by atoms with Gasteiger partial charge in [0, 0.05) is 17.5 Å². The van der Waals surface area contributed by atoms with E-state index in [1.165, 1.54) is 0 Å². The maximum absolute atomic E-state index is 10.0. The summed E-state index contributed by atoms with van der Waals surface area (Å²) < 4.78 is 0. The van der Waals surface area contributed by atoms with Crippen molar-refractivity contribution in [2.75, 3.05) is 5.73 Å². The molecule has 3 heteroatoms. The number of nitrogens with zero attached hydrogens (tertiary/aromatic N) is 1. The fourth-order valence-corrected chi connectivity index (χ4v) is 2.19. The summed E-state index contributed by atoms with van der Waals surface area (Å²) in [5.41, 5.74) is 9.01. The van der Waals surface area contributed by atoms with Gasteiger partial charge in [0.1, 0.15) is 6.29 Å². The highest BCUT2D eigenvalue weighted by Gasteiger charge is 1.85. The molecule has 144 valence electrons. The molecule has 0 bridgehead atoms. The maximum atomic E-state index is 10.0. The van der Waals surface area contributed by atoms with E-state index in [-0.39, 0.29) is 0 Å².